The van der Waals surface area contributed by atoms with Crippen molar-refractivity contribution in [1.82, 2.24) is 15.6 Å². The molecule has 2 heterocycles. The number of hydrogen-bond acceptors (Lipinski definition) is 5. The van der Waals surface area contributed by atoms with Crippen LogP contribution in [-0.4, -0.2) is 42.3 Å². The van der Waals surface area contributed by atoms with Crippen molar-refractivity contribution >= 4 is 23.0 Å². The number of benzene rings is 1. The van der Waals surface area contributed by atoms with Gasteiger partial charge in [-0.1, -0.05) is 44.4 Å². The van der Waals surface area contributed by atoms with Crippen LogP contribution in [-0.2, 0) is 11.2 Å². The van der Waals surface area contributed by atoms with Crippen molar-refractivity contribution in [1.29, 1.82) is 5.41 Å². The Morgan fingerprint density at radius 1 is 1.17 bits per heavy atom. The molecule has 0 saturated heterocycles. The van der Waals surface area contributed by atoms with Crippen molar-refractivity contribution in [3.8, 4) is 0 Å². The Labute approximate surface area is 216 Å². The van der Waals surface area contributed by atoms with Crippen LogP contribution in [0.15, 0.2) is 42.7 Å². The monoisotopic (exact) mass is 489 g/mol. The molecule has 6 heteroatoms. The molecule has 2 aromatic rings. The molecule has 3 atom stereocenters. The zero-order chi connectivity index (χ0) is 25.5. The summed E-state index contributed by atoms with van der Waals surface area (Å²) in [6, 6.07) is 10.6. The van der Waals surface area contributed by atoms with Crippen molar-refractivity contribution in [3.63, 3.8) is 0 Å². The molecular formula is C30H43N5O. The first kappa shape index (κ1) is 26.3. The third kappa shape index (κ3) is 6.15. The minimum Gasteiger partial charge on any atom is -0.351 e. The van der Waals surface area contributed by atoms with Gasteiger partial charge in [0.2, 0.25) is 5.91 Å². The predicted octanol–water partition coefficient (Wildman–Crippen LogP) is 5.74. The summed E-state index contributed by atoms with van der Waals surface area (Å²) >= 11 is 0. The van der Waals surface area contributed by atoms with Crippen LogP contribution in [0.2, 0.25) is 0 Å². The van der Waals surface area contributed by atoms with E-state index in [9.17, 15) is 4.79 Å². The number of nitrogens with zero attached hydrogens (tertiary/aromatic N) is 2. The molecule has 1 aromatic carbocycles. The fourth-order valence-corrected chi connectivity index (χ4v) is 5.96. The highest BCUT2D eigenvalue weighted by Gasteiger charge is 2.30. The maximum atomic E-state index is 12.8. The van der Waals surface area contributed by atoms with Crippen LogP contribution in [0, 0.1) is 11.3 Å². The summed E-state index contributed by atoms with van der Waals surface area (Å²) in [5.41, 5.74) is 5.55. The van der Waals surface area contributed by atoms with Gasteiger partial charge < -0.3 is 20.9 Å². The van der Waals surface area contributed by atoms with Gasteiger partial charge in [0.1, 0.15) is 0 Å². The second kappa shape index (κ2) is 12.5. The molecule has 1 aliphatic heterocycles. The first-order valence-electron chi connectivity index (χ1n) is 13.9. The second-order valence-corrected chi connectivity index (χ2v) is 10.6. The van der Waals surface area contributed by atoms with Crippen LogP contribution in [0.5, 0.6) is 0 Å². The van der Waals surface area contributed by atoms with Gasteiger partial charge >= 0.3 is 0 Å². The van der Waals surface area contributed by atoms with E-state index in [-0.39, 0.29) is 23.9 Å². The molecule has 0 radical (unpaired) electrons. The number of para-hydroxylation sites is 1. The van der Waals surface area contributed by atoms with Gasteiger partial charge in [0, 0.05) is 42.5 Å². The third-order valence-electron chi connectivity index (χ3n) is 8.21. The van der Waals surface area contributed by atoms with Gasteiger partial charge in [-0.3, -0.25) is 9.78 Å². The number of carbonyl (C=O) groups excluding carboxylic acids is 1. The first-order chi connectivity index (χ1) is 17.5. The van der Waals surface area contributed by atoms with Crippen molar-refractivity contribution in [2.24, 2.45) is 5.92 Å². The number of aryl methyl sites for hydroxylation is 1. The molecule has 4 rings (SSSR count). The van der Waals surface area contributed by atoms with E-state index in [0.29, 0.717) is 18.1 Å². The van der Waals surface area contributed by atoms with Crippen LogP contribution in [0.25, 0.3) is 0 Å². The van der Waals surface area contributed by atoms with Crippen LogP contribution in [0.3, 0.4) is 0 Å². The number of fused-ring (bicyclic) bond motifs is 1. The smallest absolute Gasteiger partial charge is 0.237 e. The summed E-state index contributed by atoms with van der Waals surface area (Å²) in [6.45, 7) is 5.03. The van der Waals surface area contributed by atoms with Gasteiger partial charge in [-0.05, 0) is 75.3 Å². The largest absolute Gasteiger partial charge is 0.351 e. The lowest BCUT2D eigenvalue weighted by molar-refractivity contribution is -0.123. The van der Waals surface area contributed by atoms with Crippen LogP contribution >= 0.6 is 0 Å². The normalized spacial score (nSPS) is 18.7. The zero-order valence-electron chi connectivity index (χ0n) is 22.2. The van der Waals surface area contributed by atoms with Crippen LogP contribution < -0.4 is 15.5 Å². The van der Waals surface area contributed by atoms with Crippen molar-refractivity contribution in [3.05, 3.63) is 53.9 Å². The van der Waals surface area contributed by atoms with Crippen molar-refractivity contribution in [2.75, 3.05) is 18.5 Å². The van der Waals surface area contributed by atoms with Gasteiger partial charge in [-0.2, -0.15) is 0 Å². The highest BCUT2D eigenvalue weighted by atomic mass is 16.2. The van der Waals surface area contributed by atoms with Crippen molar-refractivity contribution < 1.29 is 4.79 Å². The Balaban J connectivity index is 1.53. The average Bonchev–Trinajstić information content (AvgIpc) is 2.93. The van der Waals surface area contributed by atoms with E-state index in [1.54, 1.807) is 0 Å². The molecule has 1 aromatic heterocycles. The molecule has 1 amide bonds. The molecule has 1 aliphatic carbocycles. The second-order valence-electron chi connectivity index (χ2n) is 10.6. The molecule has 2 aliphatic rings. The number of nitrogens with one attached hydrogen (secondary N) is 3. The molecule has 1 fully saturated rings. The van der Waals surface area contributed by atoms with Crippen LogP contribution in [0.1, 0.15) is 82.3 Å². The van der Waals surface area contributed by atoms with E-state index >= 15 is 0 Å². The summed E-state index contributed by atoms with van der Waals surface area (Å²) in [6.07, 6.45) is 13.5. The minimum atomic E-state index is -0.236. The zero-order valence-corrected chi connectivity index (χ0v) is 22.2. The first-order valence-corrected chi connectivity index (χ1v) is 13.9. The summed E-state index contributed by atoms with van der Waals surface area (Å²) in [5, 5.41) is 15.5. The maximum Gasteiger partial charge on any atom is 0.237 e. The molecule has 1 saturated carbocycles. The Morgan fingerprint density at radius 3 is 2.69 bits per heavy atom. The molecule has 3 unspecified atom stereocenters. The quantitative estimate of drug-likeness (QED) is 0.372. The van der Waals surface area contributed by atoms with E-state index in [1.807, 2.05) is 26.4 Å². The molecular weight excluding hydrogens is 446 g/mol. The van der Waals surface area contributed by atoms with E-state index in [4.69, 9.17) is 5.41 Å². The topological polar surface area (TPSA) is 81.1 Å². The summed E-state index contributed by atoms with van der Waals surface area (Å²) in [7, 11) is 1.82. The van der Waals surface area contributed by atoms with E-state index < -0.39 is 0 Å². The lowest BCUT2D eigenvalue weighted by Crippen LogP contribution is -2.49. The predicted molar refractivity (Wildman–Crippen MR) is 148 cm³/mol. The lowest BCUT2D eigenvalue weighted by Gasteiger charge is -2.33. The minimum absolute atomic E-state index is 0.00204. The van der Waals surface area contributed by atoms with E-state index in [1.165, 1.54) is 30.5 Å². The van der Waals surface area contributed by atoms with Gasteiger partial charge in [0.25, 0.3) is 0 Å². The van der Waals surface area contributed by atoms with E-state index in [0.717, 1.165) is 49.9 Å². The number of hydrogen-bond donors (Lipinski definition) is 3. The van der Waals surface area contributed by atoms with Gasteiger partial charge in [-0.15, -0.1) is 0 Å². The Morgan fingerprint density at radius 2 is 1.94 bits per heavy atom. The summed E-state index contributed by atoms with van der Waals surface area (Å²) in [5.74, 6) is 0.475. The number of rotatable bonds is 10. The SMILES string of the molecule is CCC(C(=N)CC(NC(=O)C(C)NC)C1CCCCC1)c1cncc(N2CCCc3ccccc32)c1. The molecule has 194 valence electrons. The number of aromatic nitrogens is 1. The standard InChI is InChI=1S/C30H43N5O/c1-4-26(27(31)18-28(22-11-6-5-7-12-22)34-30(36)21(2)32-3)24-17-25(20-33-19-24)35-16-10-14-23-13-8-9-15-29(23)35/h8-9,13,15,17,19-22,26,28,31-32H,4-7,10-12,14,16,18H2,1-3H3,(H,34,36). The summed E-state index contributed by atoms with van der Waals surface area (Å²) < 4.78 is 0. The van der Waals surface area contributed by atoms with Crippen LogP contribution in [0.4, 0.5) is 11.4 Å². The van der Waals surface area contributed by atoms with Gasteiger partial charge in [0.05, 0.1) is 17.9 Å². The maximum absolute atomic E-state index is 12.8. The molecule has 0 spiro atoms. The highest BCUT2D eigenvalue weighted by molar-refractivity contribution is 5.90. The number of amides is 1. The molecule has 0 bridgehead atoms. The van der Waals surface area contributed by atoms with Gasteiger partial charge in [0.15, 0.2) is 0 Å². The number of likely N-dealkylation sites (N-methyl/N-ethyl adjacent to an activating group) is 1. The Hall–Kier alpha value is -2.73. The fourth-order valence-electron chi connectivity index (χ4n) is 5.96. The van der Waals surface area contributed by atoms with Crippen molar-refractivity contribution in [2.45, 2.75) is 89.6 Å². The highest BCUT2D eigenvalue weighted by Crippen LogP contribution is 2.35. The lowest BCUT2D eigenvalue weighted by atomic mass is 9.79. The fraction of sp³-hybridized carbons (Fsp3) is 0.567. The average molecular weight is 490 g/mol. The Kier molecular flexibility index (Phi) is 9.13. The third-order valence-corrected chi connectivity index (χ3v) is 8.21. The summed E-state index contributed by atoms with van der Waals surface area (Å²) in [4.78, 5) is 19.8. The molecule has 6 nitrogen and oxygen atoms in total. The van der Waals surface area contributed by atoms with E-state index in [2.05, 4.69) is 57.8 Å². The number of pyridine rings is 1. The Bertz CT molecular complexity index is 1030. The molecule has 3 N–H and O–H groups in total. The number of anilines is 2. The number of carbonyl (C=O) groups is 1. The van der Waals surface area contributed by atoms with Gasteiger partial charge in [-0.25, -0.2) is 0 Å². The molecule has 36 heavy (non-hydrogen) atoms.